The summed E-state index contributed by atoms with van der Waals surface area (Å²) in [7, 11) is 1.50. The number of ether oxygens (including phenoxy) is 1. The molecular weight excluding hydrogens is 561 g/mol. The number of amides is 2. The first kappa shape index (κ1) is 29.0. The molecule has 218 valence electrons. The second-order valence-electron chi connectivity index (χ2n) is 9.67. The summed E-state index contributed by atoms with van der Waals surface area (Å²) >= 11 is 0. The van der Waals surface area contributed by atoms with E-state index in [1.807, 2.05) is 13.0 Å². The lowest BCUT2D eigenvalue weighted by Gasteiger charge is -2.19. The Labute approximate surface area is 244 Å². The topological polar surface area (TPSA) is 132 Å². The lowest BCUT2D eigenvalue weighted by Crippen LogP contribution is -2.13. The lowest BCUT2D eigenvalue weighted by atomic mass is 9.91. The number of halogens is 3. The van der Waals surface area contributed by atoms with Crippen molar-refractivity contribution in [1.29, 1.82) is 0 Å². The van der Waals surface area contributed by atoms with E-state index in [0.717, 1.165) is 17.7 Å². The molecule has 0 saturated carbocycles. The molecule has 0 aliphatic rings. The number of aromatic nitrogens is 3. The van der Waals surface area contributed by atoms with Crippen LogP contribution in [0, 0.1) is 6.92 Å². The van der Waals surface area contributed by atoms with E-state index in [9.17, 15) is 22.8 Å². The first-order valence-corrected chi connectivity index (χ1v) is 12.9. The van der Waals surface area contributed by atoms with Crippen LogP contribution in [0.1, 0.15) is 28.4 Å². The molecule has 0 aliphatic carbocycles. The van der Waals surface area contributed by atoms with Gasteiger partial charge in [0.05, 0.1) is 23.8 Å². The molecule has 0 fully saturated rings. The molecule has 0 saturated heterocycles. The smallest absolute Gasteiger partial charge is 0.416 e. The minimum atomic E-state index is -4.55. The van der Waals surface area contributed by atoms with Crippen LogP contribution in [0.15, 0.2) is 73.1 Å². The number of fused-ring (bicyclic) bond motifs is 1. The zero-order chi connectivity index (χ0) is 30.9. The molecule has 3 aromatic carbocycles. The van der Waals surface area contributed by atoms with Gasteiger partial charge in [0.1, 0.15) is 11.6 Å². The number of anilines is 3. The molecule has 2 heterocycles. The number of carbonyl (C=O) groups is 2. The minimum absolute atomic E-state index is 0.0115. The van der Waals surface area contributed by atoms with Gasteiger partial charge in [0, 0.05) is 47.1 Å². The maximum Gasteiger partial charge on any atom is 0.416 e. The van der Waals surface area contributed by atoms with Crippen molar-refractivity contribution in [2.45, 2.75) is 20.0 Å². The first-order chi connectivity index (χ1) is 20.4. The highest BCUT2D eigenvalue weighted by molar-refractivity contribution is 6.07. The first-order valence-electron chi connectivity index (χ1n) is 12.9. The summed E-state index contributed by atoms with van der Waals surface area (Å²) < 4.78 is 45.5. The number of hydrogen-bond acceptors (Lipinski definition) is 7. The van der Waals surface area contributed by atoms with Gasteiger partial charge in [0.25, 0.3) is 5.91 Å². The molecule has 2 aromatic heterocycles. The van der Waals surface area contributed by atoms with Crippen LogP contribution in [-0.4, -0.2) is 33.9 Å². The van der Waals surface area contributed by atoms with E-state index in [4.69, 9.17) is 10.5 Å². The quantitative estimate of drug-likeness (QED) is 0.207. The predicted octanol–water partition coefficient (Wildman–Crippen LogP) is 6.49. The highest BCUT2D eigenvalue weighted by Crippen LogP contribution is 2.44. The van der Waals surface area contributed by atoms with E-state index in [1.165, 1.54) is 26.2 Å². The lowest BCUT2D eigenvalue weighted by molar-refractivity contribution is -0.137. The second-order valence-corrected chi connectivity index (χ2v) is 9.67. The van der Waals surface area contributed by atoms with Crippen LogP contribution in [-0.2, 0) is 11.0 Å². The number of nitrogens with one attached hydrogen (secondary N) is 2. The van der Waals surface area contributed by atoms with Gasteiger partial charge < -0.3 is 21.1 Å². The molecule has 0 spiro atoms. The van der Waals surface area contributed by atoms with E-state index in [0.29, 0.717) is 44.7 Å². The molecular formula is C31H25F3N6O3. The number of benzene rings is 3. The second kappa shape index (κ2) is 11.4. The Morgan fingerprint density at radius 2 is 1.72 bits per heavy atom. The zero-order valence-electron chi connectivity index (χ0n) is 23.2. The van der Waals surface area contributed by atoms with Crippen LogP contribution in [0.2, 0.25) is 0 Å². The third-order valence-electron chi connectivity index (χ3n) is 6.64. The van der Waals surface area contributed by atoms with Crippen molar-refractivity contribution in [3.8, 4) is 28.0 Å². The van der Waals surface area contributed by atoms with Crippen molar-refractivity contribution < 1.29 is 27.5 Å². The van der Waals surface area contributed by atoms with E-state index in [1.54, 1.807) is 42.7 Å². The zero-order valence-corrected chi connectivity index (χ0v) is 23.2. The van der Waals surface area contributed by atoms with Gasteiger partial charge in [0.2, 0.25) is 11.9 Å². The average Bonchev–Trinajstić information content (AvgIpc) is 2.96. The summed E-state index contributed by atoms with van der Waals surface area (Å²) in [6.07, 6.45) is -1.41. The number of nitrogen functional groups attached to an aromatic ring is 1. The maximum absolute atomic E-state index is 13.2. The molecule has 43 heavy (non-hydrogen) atoms. The van der Waals surface area contributed by atoms with E-state index < -0.39 is 17.6 Å². The Balaban J connectivity index is 1.62. The highest BCUT2D eigenvalue weighted by atomic mass is 19.4. The van der Waals surface area contributed by atoms with Crippen molar-refractivity contribution in [1.82, 2.24) is 15.0 Å². The standard InChI is InChI=1S/C31H25F3N6O3/c1-16-7-8-18(29(42)39-22-6-4-5-21(13-22)31(32,33)34)11-23(16)24-12-20-15-37-30(35)40-27(20)26(28(24)43-3)19-9-10-25(36-14-19)38-17(2)41/h4-15H,1-3H3,(H,39,42)(H2,35,37,40)(H,36,38,41). The number of hydrogen-bond donors (Lipinski definition) is 3. The molecule has 2 amide bonds. The normalized spacial score (nSPS) is 11.3. The Hall–Kier alpha value is -5.52. The third kappa shape index (κ3) is 6.08. The number of methoxy groups -OCH3 is 1. The molecule has 12 heteroatoms. The Morgan fingerprint density at radius 3 is 2.40 bits per heavy atom. The van der Waals surface area contributed by atoms with Crippen LogP contribution in [0.5, 0.6) is 5.75 Å². The molecule has 4 N–H and O–H groups in total. The van der Waals surface area contributed by atoms with Gasteiger partial charge in [-0.15, -0.1) is 0 Å². The van der Waals surface area contributed by atoms with Crippen molar-refractivity contribution in [3.05, 3.63) is 89.7 Å². The molecule has 0 unspecified atom stereocenters. The highest BCUT2D eigenvalue weighted by Gasteiger charge is 2.30. The van der Waals surface area contributed by atoms with Crippen LogP contribution >= 0.6 is 0 Å². The summed E-state index contributed by atoms with van der Waals surface area (Å²) in [6.45, 7) is 3.24. The summed E-state index contributed by atoms with van der Waals surface area (Å²) in [6, 6.07) is 14.6. The largest absolute Gasteiger partial charge is 0.495 e. The summed E-state index contributed by atoms with van der Waals surface area (Å²) in [5, 5.41) is 5.80. The minimum Gasteiger partial charge on any atom is -0.495 e. The molecule has 0 aliphatic heterocycles. The Morgan fingerprint density at radius 1 is 0.930 bits per heavy atom. The van der Waals surface area contributed by atoms with Crippen LogP contribution < -0.4 is 21.1 Å². The number of rotatable bonds is 6. The Bertz CT molecular complexity index is 1870. The van der Waals surface area contributed by atoms with E-state index in [-0.39, 0.29) is 23.1 Å². The molecule has 9 nitrogen and oxygen atoms in total. The van der Waals surface area contributed by atoms with Crippen LogP contribution in [0.4, 0.5) is 30.6 Å². The van der Waals surface area contributed by atoms with Crippen LogP contribution in [0.25, 0.3) is 33.2 Å². The van der Waals surface area contributed by atoms with E-state index >= 15 is 0 Å². The fourth-order valence-electron chi connectivity index (χ4n) is 4.68. The van der Waals surface area contributed by atoms with Gasteiger partial charge in [-0.25, -0.2) is 15.0 Å². The summed E-state index contributed by atoms with van der Waals surface area (Å²) in [5.41, 5.74) is 9.01. The predicted molar refractivity (Wildman–Crippen MR) is 158 cm³/mol. The van der Waals surface area contributed by atoms with Gasteiger partial charge in [-0.3, -0.25) is 9.59 Å². The number of pyridine rings is 1. The molecule has 5 aromatic rings. The molecule has 0 bridgehead atoms. The third-order valence-corrected chi connectivity index (χ3v) is 6.64. The average molecular weight is 587 g/mol. The van der Waals surface area contributed by atoms with Gasteiger partial charge in [-0.2, -0.15) is 13.2 Å². The molecule has 0 atom stereocenters. The SMILES string of the molecule is COc1c(-c2cc(C(=O)Nc3cccc(C(F)(F)F)c3)ccc2C)cc2cnc(N)nc2c1-c1ccc(NC(C)=O)nc1. The number of alkyl halides is 3. The summed E-state index contributed by atoms with van der Waals surface area (Å²) in [4.78, 5) is 37.6. The number of carbonyl (C=O) groups excluding carboxylic acids is 2. The van der Waals surface area contributed by atoms with Gasteiger partial charge in [-0.05, 0) is 66.6 Å². The van der Waals surface area contributed by atoms with Gasteiger partial charge in [-0.1, -0.05) is 12.1 Å². The fourth-order valence-corrected chi connectivity index (χ4v) is 4.68. The van der Waals surface area contributed by atoms with Crippen molar-refractivity contribution in [2.24, 2.45) is 0 Å². The maximum atomic E-state index is 13.2. The summed E-state index contributed by atoms with van der Waals surface area (Å²) in [5.74, 6) is -0.0261. The van der Waals surface area contributed by atoms with Crippen molar-refractivity contribution >= 4 is 40.2 Å². The van der Waals surface area contributed by atoms with Gasteiger partial charge >= 0.3 is 6.18 Å². The van der Waals surface area contributed by atoms with Crippen LogP contribution in [0.3, 0.4) is 0 Å². The fraction of sp³-hybridized carbons (Fsp3) is 0.129. The Kier molecular flexibility index (Phi) is 7.68. The number of nitrogens with two attached hydrogens (primary N) is 1. The monoisotopic (exact) mass is 586 g/mol. The van der Waals surface area contributed by atoms with E-state index in [2.05, 4.69) is 25.6 Å². The van der Waals surface area contributed by atoms with Crippen molar-refractivity contribution in [2.75, 3.05) is 23.5 Å². The van der Waals surface area contributed by atoms with Crippen molar-refractivity contribution in [3.63, 3.8) is 0 Å². The number of aryl methyl sites for hydroxylation is 1. The van der Waals surface area contributed by atoms with Gasteiger partial charge in [0.15, 0.2) is 0 Å². The molecule has 5 rings (SSSR count). The molecule has 0 radical (unpaired) electrons. The number of nitrogens with zero attached hydrogens (tertiary/aromatic N) is 3.